The molecule has 0 atom stereocenters. The zero-order chi connectivity index (χ0) is 17.5. The Hall–Kier alpha value is -1.59. The van der Waals surface area contributed by atoms with Crippen LogP contribution >= 0.6 is 11.3 Å². The minimum absolute atomic E-state index is 0.00743. The molecule has 0 radical (unpaired) electrons. The van der Waals surface area contributed by atoms with Crippen molar-refractivity contribution in [2.75, 3.05) is 0 Å². The van der Waals surface area contributed by atoms with E-state index in [0.717, 1.165) is 34.1 Å². The Morgan fingerprint density at radius 1 is 1.17 bits per heavy atom. The van der Waals surface area contributed by atoms with Crippen molar-refractivity contribution in [3.05, 3.63) is 34.9 Å². The van der Waals surface area contributed by atoms with Crippen LogP contribution in [0.1, 0.15) is 56.0 Å². The Morgan fingerprint density at radius 3 is 2.42 bits per heavy atom. The average molecular weight is 346 g/mol. The maximum absolute atomic E-state index is 12.6. The normalized spacial score (nSPS) is 20.0. The fourth-order valence-corrected chi connectivity index (χ4v) is 4.71. The van der Waals surface area contributed by atoms with E-state index in [2.05, 4.69) is 38.3 Å². The molecule has 5 heteroatoms. The van der Waals surface area contributed by atoms with Crippen molar-refractivity contribution < 1.29 is 9.21 Å². The maximum atomic E-state index is 12.6. The van der Waals surface area contributed by atoms with E-state index in [1.165, 1.54) is 11.3 Å². The Kier molecular flexibility index (Phi) is 4.34. The van der Waals surface area contributed by atoms with Gasteiger partial charge in [-0.1, -0.05) is 0 Å². The zero-order valence-electron chi connectivity index (χ0n) is 15.0. The van der Waals surface area contributed by atoms with Gasteiger partial charge in [0.2, 0.25) is 0 Å². The topological polar surface area (TPSA) is 54.3 Å². The number of aryl methyl sites for hydroxylation is 1. The number of thiophene rings is 1. The first kappa shape index (κ1) is 17.2. The van der Waals surface area contributed by atoms with E-state index >= 15 is 0 Å². The Labute approximate surface area is 147 Å². The highest BCUT2D eigenvalue weighted by molar-refractivity contribution is 7.17. The average Bonchev–Trinajstić information content (AvgIpc) is 3.02. The molecule has 0 bridgehead atoms. The number of carbonyl (C=O) groups is 1. The minimum atomic E-state index is 0.00743. The molecule has 2 aromatic rings. The molecule has 130 valence electrons. The van der Waals surface area contributed by atoms with Crippen LogP contribution in [0.4, 0.5) is 0 Å². The van der Waals surface area contributed by atoms with Crippen molar-refractivity contribution in [2.45, 2.75) is 64.6 Å². The highest BCUT2D eigenvalue weighted by Crippen LogP contribution is 2.31. The maximum Gasteiger partial charge on any atom is 0.261 e. The molecule has 1 aliphatic rings. The Morgan fingerprint density at radius 2 is 1.83 bits per heavy atom. The summed E-state index contributed by atoms with van der Waals surface area (Å²) in [4.78, 5) is 14.3. The minimum Gasteiger partial charge on any atom is -0.461 e. The van der Waals surface area contributed by atoms with Crippen LogP contribution < -0.4 is 10.6 Å². The van der Waals surface area contributed by atoms with Gasteiger partial charge < -0.3 is 15.1 Å². The third kappa shape index (κ3) is 3.90. The largest absolute Gasteiger partial charge is 0.461 e. The van der Waals surface area contributed by atoms with Gasteiger partial charge in [-0.2, -0.15) is 0 Å². The predicted molar refractivity (Wildman–Crippen MR) is 98.5 cm³/mol. The van der Waals surface area contributed by atoms with Gasteiger partial charge in [0.05, 0.1) is 9.75 Å². The van der Waals surface area contributed by atoms with E-state index in [1.54, 1.807) is 0 Å². The standard InChI is InChI=1S/C19H26N2O2S/c1-12-6-7-14(23-12)15-8-9-16(24-15)17(22)20-13-10-18(2,3)21-19(4,5)11-13/h6-9,13,21H,10-11H2,1-5H3,(H,20,22). The van der Waals surface area contributed by atoms with Crippen LogP contribution in [-0.4, -0.2) is 23.0 Å². The van der Waals surface area contributed by atoms with Crippen LogP contribution in [0.25, 0.3) is 10.6 Å². The van der Waals surface area contributed by atoms with Gasteiger partial charge in [-0.15, -0.1) is 11.3 Å². The van der Waals surface area contributed by atoms with Crippen LogP contribution in [0.5, 0.6) is 0 Å². The molecule has 0 saturated carbocycles. The zero-order valence-corrected chi connectivity index (χ0v) is 15.8. The Bertz CT molecular complexity index is 726. The van der Waals surface area contributed by atoms with Crippen LogP contribution in [-0.2, 0) is 0 Å². The first-order valence-electron chi connectivity index (χ1n) is 8.40. The lowest BCUT2D eigenvalue weighted by atomic mass is 9.79. The van der Waals surface area contributed by atoms with Crippen LogP contribution in [0, 0.1) is 6.92 Å². The van der Waals surface area contributed by atoms with E-state index < -0.39 is 0 Å². The monoisotopic (exact) mass is 346 g/mol. The second-order valence-electron chi connectivity index (χ2n) is 8.05. The third-order valence-corrected chi connectivity index (χ3v) is 5.44. The van der Waals surface area contributed by atoms with Gasteiger partial charge in [0.1, 0.15) is 11.5 Å². The van der Waals surface area contributed by atoms with Gasteiger partial charge in [0, 0.05) is 17.1 Å². The SMILES string of the molecule is Cc1ccc(-c2ccc(C(=O)NC3CC(C)(C)NC(C)(C)C3)s2)o1. The summed E-state index contributed by atoms with van der Waals surface area (Å²) in [5.41, 5.74) is 0.0397. The van der Waals surface area contributed by atoms with Crippen molar-refractivity contribution >= 4 is 17.2 Å². The molecular formula is C19H26N2O2S. The molecule has 2 N–H and O–H groups in total. The quantitative estimate of drug-likeness (QED) is 0.868. The molecule has 1 fully saturated rings. The fraction of sp³-hybridized carbons (Fsp3) is 0.526. The number of hydrogen-bond donors (Lipinski definition) is 2. The number of hydrogen-bond acceptors (Lipinski definition) is 4. The third-order valence-electron chi connectivity index (χ3n) is 4.34. The van der Waals surface area contributed by atoms with Gasteiger partial charge in [0.25, 0.3) is 5.91 Å². The van der Waals surface area contributed by atoms with Gasteiger partial charge in [-0.05, 0) is 71.7 Å². The van der Waals surface area contributed by atoms with Crippen LogP contribution in [0.3, 0.4) is 0 Å². The van der Waals surface area contributed by atoms with Crippen molar-refractivity contribution in [1.82, 2.24) is 10.6 Å². The van der Waals surface area contributed by atoms with Crippen LogP contribution in [0.15, 0.2) is 28.7 Å². The summed E-state index contributed by atoms with van der Waals surface area (Å²) in [6.07, 6.45) is 1.86. The number of carbonyl (C=O) groups excluding carboxylic acids is 1. The summed E-state index contributed by atoms with van der Waals surface area (Å²) >= 11 is 1.47. The molecule has 0 unspecified atom stereocenters. The Balaban J connectivity index is 1.70. The van der Waals surface area contributed by atoms with E-state index in [0.29, 0.717) is 0 Å². The van der Waals surface area contributed by atoms with E-state index in [1.807, 2.05) is 31.2 Å². The van der Waals surface area contributed by atoms with Gasteiger partial charge in [-0.25, -0.2) is 0 Å². The van der Waals surface area contributed by atoms with Crippen molar-refractivity contribution in [3.63, 3.8) is 0 Å². The number of piperidine rings is 1. The highest BCUT2D eigenvalue weighted by atomic mass is 32.1. The molecule has 0 aromatic carbocycles. The number of amides is 1. The molecule has 0 spiro atoms. The molecule has 1 amide bonds. The van der Waals surface area contributed by atoms with E-state index in [-0.39, 0.29) is 23.0 Å². The number of nitrogens with one attached hydrogen (secondary N) is 2. The van der Waals surface area contributed by atoms with Crippen molar-refractivity contribution in [3.8, 4) is 10.6 Å². The lowest BCUT2D eigenvalue weighted by molar-refractivity contribution is 0.0877. The van der Waals surface area contributed by atoms with E-state index in [4.69, 9.17) is 4.42 Å². The molecule has 1 aliphatic heterocycles. The van der Waals surface area contributed by atoms with Gasteiger partial charge in [-0.3, -0.25) is 4.79 Å². The molecular weight excluding hydrogens is 320 g/mol. The smallest absolute Gasteiger partial charge is 0.261 e. The lowest BCUT2D eigenvalue weighted by Crippen LogP contribution is -2.62. The predicted octanol–water partition coefficient (Wildman–Crippen LogP) is 4.36. The summed E-state index contributed by atoms with van der Waals surface area (Å²) in [6, 6.07) is 7.90. The van der Waals surface area contributed by atoms with Crippen molar-refractivity contribution in [2.24, 2.45) is 0 Å². The summed E-state index contributed by atoms with van der Waals surface area (Å²) in [5, 5.41) is 6.86. The molecule has 0 aliphatic carbocycles. The summed E-state index contributed by atoms with van der Waals surface area (Å²) in [6.45, 7) is 10.7. The summed E-state index contributed by atoms with van der Waals surface area (Å²) in [7, 11) is 0. The molecule has 24 heavy (non-hydrogen) atoms. The van der Waals surface area contributed by atoms with E-state index in [9.17, 15) is 4.79 Å². The van der Waals surface area contributed by atoms with Gasteiger partial charge in [0.15, 0.2) is 0 Å². The molecule has 3 heterocycles. The first-order valence-corrected chi connectivity index (χ1v) is 9.22. The molecule has 2 aromatic heterocycles. The molecule has 4 nitrogen and oxygen atoms in total. The molecule has 3 rings (SSSR count). The lowest BCUT2D eigenvalue weighted by Gasteiger charge is -2.46. The molecule has 1 saturated heterocycles. The second kappa shape index (κ2) is 6.05. The first-order chi connectivity index (χ1) is 11.1. The fourth-order valence-electron chi connectivity index (χ4n) is 3.84. The summed E-state index contributed by atoms with van der Waals surface area (Å²) in [5.74, 6) is 1.71. The summed E-state index contributed by atoms with van der Waals surface area (Å²) < 4.78 is 5.64. The van der Waals surface area contributed by atoms with Gasteiger partial charge >= 0.3 is 0 Å². The van der Waals surface area contributed by atoms with Crippen molar-refractivity contribution in [1.29, 1.82) is 0 Å². The highest BCUT2D eigenvalue weighted by Gasteiger charge is 2.38. The van der Waals surface area contributed by atoms with Crippen LogP contribution in [0.2, 0.25) is 0 Å². The second-order valence-corrected chi connectivity index (χ2v) is 9.13. The number of rotatable bonds is 3. The number of furan rings is 1.